The maximum atomic E-state index is 12.7. The van der Waals surface area contributed by atoms with Crippen LogP contribution in [0, 0.1) is 5.92 Å². The van der Waals surface area contributed by atoms with Crippen LogP contribution in [-0.4, -0.2) is 37.2 Å². The Morgan fingerprint density at radius 1 is 0.328 bits per heavy atom. The molecule has 58 heavy (non-hydrogen) atoms. The van der Waals surface area contributed by atoms with Crippen molar-refractivity contribution in [3.63, 3.8) is 0 Å². The largest absolute Gasteiger partial charge is 0.462 e. The second-order valence-electron chi connectivity index (χ2n) is 18.3. The number of ether oxygens (including phenoxy) is 3. The van der Waals surface area contributed by atoms with E-state index in [0.29, 0.717) is 19.3 Å². The molecule has 0 N–H and O–H groups in total. The lowest BCUT2D eigenvalue weighted by Gasteiger charge is -2.18. The van der Waals surface area contributed by atoms with E-state index in [4.69, 9.17) is 14.2 Å². The van der Waals surface area contributed by atoms with Crippen LogP contribution in [0.15, 0.2) is 0 Å². The van der Waals surface area contributed by atoms with Gasteiger partial charge in [-0.15, -0.1) is 0 Å². The first-order valence-electron chi connectivity index (χ1n) is 25.9. The van der Waals surface area contributed by atoms with Gasteiger partial charge >= 0.3 is 17.9 Å². The van der Waals surface area contributed by atoms with E-state index in [0.717, 1.165) is 63.7 Å². The fraction of sp³-hybridized carbons (Fsp3) is 0.942. The van der Waals surface area contributed by atoms with Crippen molar-refractivity contribution in [2.45, 2.75) is 297 Å². The SMILES string of the molecule is CCCCCCCCCCCCCCCCCCC(=O)OC[C@@H](COC(=O)CCCCCCCCCCCCC(C)C)OC(=O)CCCCCCCCCCCCC. The Balaban J connectivity index is 4.28. The van der Waals surface area contributed by atoms with Crippen LogP contribution in [0.1, 0.15) is 291 Å². The molecular formula is C52H100O6. The average molecular weight is 821 g/mol. The highest BCUT2D eigenvalue weighted by atomic mass is 16.6. The number of hydrogen-bond donors (Lipinski definition) is 0. The van der Waals surface area contributed by atoms with Crippen LogP contribution in [0.5, 0.6) is 0 Å². The van der Waals surface area contributed by atoms with Crippen molar-refractivity contribution in [2.75, 3.05) is 13.2 Å². The van der Waals surface area contributed by atoms with Crippen molar-refractivity contribution >= 4 is 17.9 Å². The summed E-state index contributed by atoms with van der Waals surface area (Å²) in [4.78, 5) is 37.9. The highest BCUT2D eigenvalue weighted by molar-refractivity contribution is 5.71. The summed E-state index contributed by atoms with van der Waals surface area (Å²) in [6.07, 6.45) is 48.0. The molecule has 0 heterocycles. The normalized spacial score (nSPS) is 11.9. The van der Waals surface area contributed by atoms with Crippen LogP contribution in [-0.2, 0) is 28.6 Å². The first-order valence-corrected chi connectivity index (χ1v) is 25.9. The molecular weight excluding hydrogens is 721 g/mol. The van der Waals surface area contributed by atoms with Crippen molar-refractivity contribution in [1.82, 2.24) is 0 Å². The van der Waals surface area contributed by atoms with E-state index in [2.05, 4.69) is 27.7 Å². The topological polar surface area (TPSA) is 78.9 Å². The maximum absolute atomic E-state index is 12.7. The van der Waals surface area contributed by atoms with Gasteiger partial charge in [0.15, 0.2) is 6.10 Å². The monoisotopic (exact) mass is 821 g/mol. The molecule has 0 unspecified atom stereocenters. The zero-order chi connectivity index (χ0) is 42.4. The number of unbranched alkanes of at least 4 members (excludes halogenated alkanes) is 34. The van der Waals surface area contributed by atoms with Crippen molar-refractivity contribution < 1.29 is 28.6 Å². The Kier molecular flexibility index (Phi) is 45.2. The predicted molar refractivity (Wildman–Crippen MR) is 247 cm³/mol. The lowest BCUT2D eigenvalue weighted by atomic mass is 10.0. The van der Waals surface area contributed by atoms with Gasteiger partial charge in [-0.2, -0.15) is 0 Å². The smallest absolute Gasteiger partial charge is 0.306 e. The molecule has 0 aromatic carbocycles. The van der Waals surface area contributed by atoms with Crippen LogP contribution in [0.25, 0.3) is 0 Å². The molecule has 0 saturated carbocycles. The second-order valence-corrected chi connectivity index (χ2v) is 18.3. The molecule has 6 nitrogen and oxygen atoms in total. The van der Waals surface area contributed by atoms with Gasteiger partial charge in [-0.1, -0.05) is 252 Å². The molecule has 0 aliphatic carbocycles. The van der Waals surface area contributed by atoms with Crippen molar-refractivity contribution in [3.8, 4) is 0 Å². The predicted octanol–water partition coefficient (Wildman–Crippen LogP) is 16.7. The van der Waals surface area contributed by atoms with Gasteiger partial charge in [-0.25, -0.2) is 0 Å². The summed E-state index contributed by atoms with van der Waals surface area (Å²) in [6, 6.07) is 0. The van der Waals surface area contributed by atoms with Gasteiger partial charge < -0.3 is 14.2 Å². The molecule has 0 amide bonds. The molecule has 344 valence electrons. The standard InChI is InChI=1S/C52H100O6/c1-5-7-9-11-13-15-17-18-19-20-21-23-27-31-35-39-43-50(53)56-46-49(58-52(55)45-41-37-33-29-22-16-14-12-10-8-6-2)47-57-51(54)44-40-36-32-28-25-24-26-30-34-38-42-48(3)4/h48-49H,5-47H2,1-4H3/t49-/m0/s1. The van der Waals surface area contributed by atoms with E-state index in [1.165, 1.54) is 186 Å². The van der Waals surface area contributed by atoms with E-state index in [-0.39, 0.29) is 31.1 Å². The number of carbonyl (C=O) groups excluding carboxylic acids is 3. The molecule has 0 spiro atoms. The minimum Gasteiger partial charge on any atom is -0.462 e. The molecule has 0 rings (SSSR count). The van der Waals surface area contributed by atoms with Crippen LogP contribution < -0.4 is 0 Å². The number of hydrogen-bond acceptors (Lipinski definition) is 6. The third-order valence-electron chi connectivity index (χ3n) is 11.8. The molecule has 0 fully saturated rings. The minimum atomic E-state index is -0.760. The van der Waals surface area contributed by atoms with Gasteiger partial charge in [0.05, 0.1) is 0 Å². The average Bonchev–Trinajstić information content (AvgIpc) is 3.21. The highest BCUT2D eigenvalue weighted by Crippen LogP contribution is 2.17. The summed E-state index contributed by atoms with van der Waals surface area (Å²) >= 11 is 0. The molecule has 0 aliphatic heterocycles. The third kappa shape index (κ3) is 45.5. The van der Waals surface area contributed by atoms with Crippen LogP contribution >= 0.6 is 0 Å². The second kappa shape index (κ2) is 46.5. The zero-order valence-electron chi connectivity index (χ0n) is 39.5. The van der Waals surface area contributed by atoms with Crippen LogP contribution in [0.2, 0.25) is 0 Å². The van der Waals surface area contributed by atoms with Crippen LogP contribution in [0.4, 0.5) is 0 Å². The summed E-state index contributed by atoms with van der Waals surface area (Å²) < 4.78 is 16.8. The third-order valence-corrected chi connectivity index (χ3v) is 11.8. The number of carbonyl (C=O) groups is 3. The van der Waals surface area contributed by atoms with Gasteiger partial charge in [0.1, 0.15) is 13.2 Å². The molecule has 1 atom stereocenters. The van der Waals surface area contributed by atoms with Crippen LogP contribution in [0.3, 0.4) is 0 Å². The van der Waals surface area contributed by atoms with Gasteiger partial charge in [0, 0.05) is 19.3 Å². The molecule has 0 aromatic rings. The number of esters is 3. The zero-order valence-corrected chi connectivity index (χ0v) is 39.5. The quantitative estimate of drug-likeness (QED) is 0.0346. The molecule has 0 aliphatic rings. The van der Waals surface area contributed by atoms with Crippen molar-refractivity contribution in [2.24, 2.45) is 5.92 Å². The van der Waals surface area contributed by atoms with Gasteiger partial charge in [-0.05, 0) is 25.2 Å². The number of rotatable bonds is 47. The Morgan fingerprint density at radius 2 is 0.569 bits per heavy atom. The summed E-state index contributed by atoms with van der Waals surface area (Å²) in [6.45, 7) is 9.01. The van der Waals surface area contributed by atoms with E-state index >= 15 is 0 Å². The first kappa shape index (κ1) is 56.4. The van der Waals surface area contributed by atoms with Crippen molar-refractivity contribution in [3.05, 3.63) is 0 Å². The highest BCUT2D eigenvalue weighted by Gasteiger charge is 2.19. The lowest BCUT2D eigenvalue weighted by Crippen LogP contribution is -2.30. The van der Waals surface area contributed by atoms with E-state index in [1.807, 2.05) is 0 Å². The Bertz CT molecular complexity index is 872. The molecule has 0 radical (unpaired) electrons. The summed E-state index contributed by atoms with van der Waals surface area (Å²) in [7, 11) is 0. The molecule has 6 heteroatoms. The summed E-state index contributed by atoms with van der Waals surface area (Å²) in [5, 5.41) is 0. The maximum Gasteiger partial charge on any atom is 0.306 e. The summed E-state index contributed by atoms with van der Waals surface area (Å²) in [5.74, 6) is -0.0269. The molecule has 0 aromatic heterocycles. The Hall–Kier alpha value is -1.59. The van der Waals surface area contributed by atoms with Gasteiger partial charge in [0.25, 0.3) is 0 Å². The fourth-order valence-corrected chi connectivity index (χ4v) is 7.86. The van der Waals surface area contributed by atoms with E-state index in [1.54, 1.807) is 0 Å². The first-order chi connectivity index (χ1) is 28.4. The Morgan fingerprint density at radius 3 is 0.845 bits per heavy atom. The Labute approximate surface area is 361 Å². The summed E-state index contributed by atoms with van der Waals surface area (Å²) in [5.41, 5.74) is 0. The minimum absolute atomic E-state index is 0.0628. The van der Waals surface area contributed by atoms with Gasteiger partial charge in [0.2, 0.25) is 0 Å². The molecule has 0 bridgehead atoms. The van der Waals surface area contributed by atoms with E-state index < -0.39 is 6.10 Å². The lowest BCUT2D eigenvalue weighted by molar-refractivity contribution is -0.167. The van der Waals surface area contributed by atoms with E-state index in [9.17, 15) is 14.4 Å². The van der Waals surface area contributed by atoms with Crippen molar-refractivity contribution in [1.29, 1.82) is 0 Å². The van der Waals surface area contributed by atoms with Gasteiger partial charge in [-0.3, -0.25) is 14.4 Å². The molecule has 0 saturated heterocycles. The fourth-order valence-electron chi connectivity index (χ4n) is 7.86.